The highest BCUT2D eigenvalue weighted by molar-refractivity contribution is 4.76. The highest BCUT2D eigenvalue weighted by Gasteiger charge is 2.44. The molecule has 1 heterocycles. The lowest BCUT2D eigenvalue weighted by Gasteiger charge is -2.27. The van der Waals surface area contributed by atoms with Crippen molar-refractivity contribution in [2.45, 2.75) is 31.2 Å². The smallest absolute Gasteiger partial charge is 0.282 e. The summed E-state index contributed by atoms with van der Waals surface area (Å²) in [6.45, 7) is 0. The standard InChI is InChI=1S/C9H18O5/c1-10-8(11-2)7-5-6-9(12-3,13-4)14-7/h7-8H,5-6H2,1-4H3. The molecule has 0 aliphatic carbocycles. The van der Waals surface area contributed by atoms with E-state index < -0.39 is 5.97 Å². The van der Waals surface area contributed by atoms with E-state index in [9.17, 15) is 0 Å². The zero-order valence-corrected chi connectivity index (χ0v) is 9.11. The second-order valence-electron chi connectivity index (χ2n) is 3.13. The van der Waals surface area contributed by atoms with Crippen LogP contribution in [0.25, 0.3) is 0 Å². The molecule has 1 saturated heterocycles. The molecule has 1 aliphatic rings. The van der Waals surface area contributed by atoms with Gasteiger partial charge in [0.1, 0.15) is 6.10 Å². The Balaban J connectivity index is 2.54. The van der Waals surface area contributed by atoms with Crippen molar-refractivity contribution in [3.63, 3.8) is 0 Å². The minimum atomic E-state index is -0.931. The maximum atomic E-state index is 5.60. The van der Waals surface area contributed by atoms with Crippen LogP contribution in [-0.2, 0) is 23.7 Å². The van der Waals surface area contributed by atoms with Gasteiger partial charge in [-0.05, 0) is 6.42 Å². The Morgan fingerprint density at radius 3 is 2.07 bits per heavy atom. The van der Waals surface area contributed by atoms with Gasteiger partial charge in [0, 0.05) is 34.9 Å². The van der Waals surface area contributed by atoms with E-state index in [0.29, 0.717) is 6.42 Å². The summed E-state index contributed by atoms with van der Waals surface area (Å²) in [4.78, 5) is 0. The largest absolute Gasteiger partial charge is 0.353 e. The van der Waals surface area contributed by atoms with Crippen LogP contribution in [0.15, 0.2) is 0 Å². The van der Waals surface area contributed by atoms with E-state index in [0.717, 1.165) is 6.42 Å². The van der Waals surface area contributed by atoms with E-state index in [2.05, 4.69) is 0 Å². The molecule has 0 spiro atoms. The first-order valence-electron chi connectivity index (χ1n) is 4.55. The molecular weight excluding hydrogens is 188 g/mol. The third-order valence-corrected chi connectivity index (χ3v) is 2.46. The predicted molar refractivity (Wildman–Crippen MR) is 48.7 cm³/mol. The van der Waals surface area contributed by atoms with Gasteiger partial charge >= 0.3 is 0 Å². The van der Waals surface area contributed by atoms with Gasteiger partial charge in [-0.15, -0.1) is 0 Å². The number of methoxy groups -OCH3 is 4. The molecule has 84 valence electrons. The first kappa shape index (κ1) is 11.9. The molecule has 1 unspecified atom stereocenters. The highest BCUT2D eigenvalue weighted by atomic mass is 16.9. The average Bonchev–Trinajstić information content (AvgIpc) is 2.65. The monoisotopic (exact) mass is 206 g/mol. The molecule has 0 bridgehead atoms. The van der Waals surface area contributed by atoms with Gasteiger partial charge in [0.25, 0.3) is 5.97 Å². The van der Waals surface area contributed by atoms with E-state index in [1.54, 1.807) is 28.4 Å². The van der Waals surface area contributed by atoms with Gasteiger partial charge in [-0.1, -0.05) is 0 Å². The first-order chi connectivity index (χ1) is 6.71. The van der Waals surface area contributed by atoms with Crippen molar-refractivity contribution >= 4 is 0 Å². The van der Waals surface area contributed by atoms with Crippen LogP contribution in [0.5, 0.6) is 0 Å². The van der Waals surface area contributed by atoms with Crippen molar-refractivity contribution < 1.29 is 23.7 Å². The normalized spacial score (nSPS) is 25.9. The van der Waals surface area contributed by atoms with Crippen LogP contribution in [0.4, 0.5) is 0 Å². The third kappa shape index (κ3) is 2.24. The SMILES string of the molecule is COC(OC)C1CCC(OC)(OC)O1. The van der Waals surface area contributed by atoms with Gasteiger partial charge < -0.3 is 23.7 Å². The average molecular weight is 206 g/mol. The quantitative estimate of drug-likeness (QED) is 0.620. The second kappa shape index (κ2) is 5.04. The molecule has 0 aromatic rings. The fourth-order valence-corrected chi connectivity index (χ4v) is 1.64. The summed E-state index contributed by atoms with van der Waals surface area (Å²) in [6.07, 6.45) is 0.939. The Morgan fingerprint density at radius 2 is 1.71 bits per heavy atom. The second-order valence-corrected chi connectivity index (χ2v) is 3.13. The molecule has 1 rings (SSSR count). The molecule has 0 aromatic carbocycles. The molecule has 0 saturated carbocycles. The van der Waals surface area contributed by atoms with Gasteiger partial charge in [-0.25, -0.2) is 0 Å². The summed E-state index contributed by atoms with van der Waals surface area (Å²) in [5.41, 5.74) is 0. The van der Waals surface area contributed by atoms with Gasteiger partial charge in [0.15, 0.2) is 6.29 Å². The molecule has 1 fully saturated rings. The summed E-state index contributed by atoms with van der Waals surface area (Å²) in [7, 11) is 6.27. The number of hydrogen-bond acceptors (Lipinski definition) is 5. The number of rotatable bonds is 5. The summed E-state index contributed by atoms with van der Waals surface area (Å²) < 4.78 is 26.1. The zero-order chi connectivity index (χ0) is 10.6. The van der Waals surface area contributed by atoms with Crippen LogP contribution in [0.3, 0.4) is 0 Å². The molecule has 5 nitrogen and oxygen atoms in total. The molecular formula is C9H18O5. The van der Waals surface area contributed by atoms with Crippen molar-refractivity contribution in [1.82, 2.24) is 0 Å². The van der Waals surface area contributed by atoms with Gasteiger partial charge in [0.2, 0.25) is 0 Å². The van der Waals surface area contributed by atoms with E-state index in [-0.39, 0.29) is 12.4 Å². The molecule has 0 N–H and O–H groups in total. The van der Waals surface area contributed by atoms with Gasteiger partial charge in [-0.3, -0.25) is 0 Å². The van der Waals surface area contributed by atoms with Crippen molar-refractivity contribution in [2.75, 3.05) is 28.4 Å². The molecule has 0 radical (unpaired) electrons. The fraction of sp³-hybridized carbons (Fsp3) is 1.00. The molecule has 1 atom stereocenters. The van der Waals surface area contributed by atoms with E-state index >= 15 is 0 Å². The maximum Gasteiger partial charge on any atom is 0.282 e. The molecule has 14 heavy (non-hydrogen) atoms. The minimum absolute atomic E-state index is 0.148. The molecule has 5 heteroatoms. The summed E-state index contributed by atoms with van der Waals surface area (Å²) in [6, 6.07) is 0. The molecule has 0 aromatic heterocycles. The predicted octanol–water partition coefficient (Wildman–Crippen LogP) is 0.731. The fourth-order valence-electron chi connectivity index (χ4n) is 1.64. The van der Waals surface area contributed by atoms with Crippen LogP contribution in [0, 0.1) is 0 Å². The first-order valence-corrected chi connectivity index (χ1v) is 4.55. The van der Waals surface area contributed by atoms with Crippen LogP contribution < -0.4 is 0 Å². The van der Waals surface area contributed by atoms with Gasteiger partial charge in [-0.2, -0.15) is 0 Å². The van der Waals surface area contributed by atoms with Crippen LogP contribution in [0.2, 0.25) is 0 Å². The van der Waals surface area contributed by atoms with E-state index in [1.807, 2.05) is 0 Å². The lowest BCUT2D eigenvalue weighted by atomic mass is 10.2. The Labute approximate surface area is 84.2 Å². The van der Waals surface area contributed by atoms with Gasteiger partial charge in [0.05, 0.1) is 0 Å². The van der Waals surface area contributed by atoms with Crippen LogP contribution in [0.1, 0.15) is 12.8 Å². The Morgan fingerprint density at radius 1 is 1.14 bits per heavy atom. The maximum absolute atomic E-state index is 5.60. The number of ether oxygens (including phenoxy) is 5. The van der Waals surface area contributed by atoms with Crippen molar-refractivity contribution in [2.24, 2.45) is 0 Å². The lowest BCUT2D eigenvalue weighted by Crippen LogP contribution is -2.37. The van der Waals surface area contributed by atoms with Crippen molar-refractivity contribution in [3.8, 4) is 0 Å². The van der Waals surface area contributed by atoms with Crippen LogP contribution >= 0.6 is 0 Å². The van der Waals surface area contributed by atoms with Crippen molar-refractivity contribution in [3.05, 3.63) is 0 Å². The highest BCUT2D eigenvalue weighted by Crippen LogP contribution is 2.33. The molecule has 1 aliphatic heterocycles. The van der Waals surface area contributed by atoms with E-state index in [4.69, 9.17) is 23.7 Å². The number of hydrogen-bond donors (Lipinski definition) is 0. The summed E-state index contributed by atoms with van der Waals surface area (Å²) >= 11 is 0. The topological polar surface area (TPSA) is 46.2 Å². The third-order valence-electron chi connectivity index (χ3n) is 2.46. The zero-order valence-electron chi connectivity index (χ0n) is 9.11. The lowest BCUT2D eigenvalue weighted by molar-refractivity contribution is -0.365. The molecule has 0 amide bonds. The Hall–Kier alpha value is -0.200. The van der Waals surface area contributed by atoms with Crippen molar-refractivity contribution in [1.29, 1.82) is 0 Å². The summed E-state index contributed by atoms with van der Waals surface area (Å²) in [5.74, 6) is -0.931. The Kier molecular flexibility index (Phi) is 4.28. The summed E-state index contributed by atoms with van der Waals surface area (Å²) in [5, 5.41) is 0. The van der Waals surface area contributed by atoms with Crippen LogP contribution in [-0.4, -0.2) is 46.8 Å². The Bertz CT molecular complexity index is 165. The van der Waals surface area contributed by atoms with E-state index in [1.165, 1.54) is 0 Å². The minimum Gasteiger partial charge on any atom is -0.353 e.